The molecule has 0 saturated carbocycles. The Morgan fingerprint density at radius 1 is 1.40 bits per heavy atom. The average Bonchev–Trinajstić information content (AvgIpc) is 3.07. The fourth-order valence-corrected chi connectivity index (χ4v) is 2.71. The minimum atomic E-state index is -0.979. The fourth-order valence-electron chi connectivity index (χ4n) is 1.83. The number of carbonyl (C=O) groups is 1. The highest BCUT2D eigenvalue weighted by atomic mass is 32.1. The number of thiazole rings is 1. The number of aryl methyl sites for hydroxylation is 1. The maximum Gasteiger partial charge on any atom is 0.335 e. The van der Waals surface area contributed by atoms with E-state index in [2.05, 4.69) is 9.97 Å². The monoisotopic (exact) mass is 286 g/mol. The number of hydrogen-bond acceptors (Lipinski definition) is 5. The maximum absolute atomic E-state index is 11.0. The van der Waals surface area contributed by atoms with Crippen LogP contribution in [0.25, 0.3) is 22.2 Å². The minimum Gasteiger partial charge on any atom is -0.478 e. The summed E-state index contributed by atoms with van der Waals surface area (Å²) in [5, 5.41) is 9.68. The third kappa shape index (κ3) is 2.21. The summed E-state index contributed by atoms with van der Waals surface area (Å²) in [6.07, 6.45) is 3.07. The molecule has 0 aliphatic carbocycles. The first kappa shape index (κ1) is 12.6. The molecular weight excluding hydrogens is 276 g/mol. The molecule has 3 heterocycles. The zero-order valence-electron chi connectivity index (χ0n) is 10.5. The number of aromatic carboxylic acids is 1. The average molecular weight is 286 g/mol. The topological polar surface area (TPSA) is 76.2 Å². The summed E-state index contributed by atoms with van der Waals surface area (Å²) in [6, 6.07) is 6.62. The third-order valence-electron chi connectivity index (χ3n) is 2.78. The molecule has 3 aromatic heterocycles. The van der Waals surface area contributed by atoms with Crippen molar-refractivity contribution in [1.29, 1.82) is 0 Å². The van der Waals surface area contributed by atoms with E-state index in [0.29, 0.717) is 16.5 Å². The summed E-state index contributed by atoms with van der Waals surface area (Å²) in [6.45, 7) is 1.94. The summed E-state index contributed by atoms with van der Waals surface area (Å²) in [5.41, 5.74) is 1.51. The molecule has 0 aliphatic rings. The molecule has 0 amide bonds. The maximum atomic E-state index is 11.0. The van der Waals surface area contributed by atoms with Gasteiger partial charge in [-0.2, -0.15) is 0 Å². The summed E-state index contributed by atoms with van der Waals surface area (Å²) in [4.78, 5) is 20.7. The van der Waals surface area contributed by atoms with Gasteiger partial charge in [0.05, 0.1) is 17.5 Å². The van der Waals surface area contributed by atoms with Gasteiger partial charge < -0.3 is 9.52 Å². The molecule has 0 atom stereocenters. The molecular formula is C14H10N2O3S. The SMILES string of the molecule is Cc1sc(-c2cc(C(=O)O)ccn2)nc1-c1ccco1. The third-order valence-corrected chi connectivity index (χ3v) is 3.77. The molecule has 3 aromatic rings. The van der Waals surface area contributed by atoms with Gasteiger partial charge in [0.2, 0.25) is 0 Å². The Kier molecular flexibility index (Phi) is 3.08. The van der Waals surface area contributed by atoms with E-state index in [1.165, 1.54) is 29.7 Å². The predicted octanol–water partition coefficient (Wildman–Crippen LogP) is 3.47. The van der Waals surface area contributed by atoms with Crippen molar-refractivity contribution in [2.45, 2.75) is 6.92 Å². The Balaban J connectivity index is 2.05. The predicted molar refractivity (Wildman–Crippen MR) is 74.7 cm³/mol. The molecule has 5 nitrogen and oxygen atoms in total. The second-order valence-electron chi connectivity index (χ2n) is 4.14. The second-order valence-corrected chi connectivity index (χ2v) is 5.34. The number of hydrogen-bond donors (Lipinski definition) is 1. The first-order valence-corrected chi connectivity index (χ1v) is 6.68. The number of nitrogens with zero attached hydrogens (tertiary/aromatic N) is 2. The van der Waals surface area contributed by atoms with Gasteiger partial charge in [0.1, 0.15) is 10.7 Å². The van der Waals surface area contributed by atoms with Crippen LogP contribution in [0.3, 0.4) is 0 Å². The molecule has 0 radical (unpaired) electrons. The molecule has 20 heavy (non-hydrogen) atoms. The Hall–Kier alpha value is -2.47. The van der Waals surface area contributed by atoms with E-state index in [-0.39, 0.29) is 5.56 Å². The molecule has 1 N–H and O–H groups in total. The van der Waals surface area contributed by atoms with Crippen molar-refractivity contribution in [1.82, 2.24) is 9.97 Å². The summed E-state index contributed by atoms with van der Waals surface area (Å²) >= 11 is 1.46. The van der Waals surface area contributed by atoms with E-state index in [1.807, 2.05) is 13.0 Å². The van der Waals surface area contributed by atoms with Crippen LogP contribution in [-0.2, 0) is 0 Å². The number of aromatic nitrogens is 2. The van der Waals surface area contributed by atoms with E-state index in [1.54, 1.807) is 12.3 Å². The van der Waals surface area contributed by atoms with Crippen LogP contribution < -0.4 is 0 Å². The smallest absolute Gasteiger partial charge is 0.335 e. The summed E-state index contributed by atoms with van der Waals surface area (Å²) in [7, 11) is 0. The fraction of sp³-hybridized carbons (Fsp3) is 0.0714. The van der Waals surface area contributed by atoms with Crippen molar-refractivity contribution in [3.8, 4) is 22.2 Å². The van der Waals surface area contributed by atoms with Gasteiger partial charge in [0.25, 0.3) is 0 Å². The van der Waals surface area contributed by atoms with E-state index in [4.69, 9.17) is 9.52 Å². The summed E-state index contributed by atoms with van der Waals surface area (Å²) in [5.74, 6) is -0.285. The van der Waals surface area contributed by atoms with Crippen LogP contribution in [0.4, 0.5) is 0 Å². The van der Waals surface area contributed by atoms with Crippen LogP contribution in [0.15, 0.2) is 41.1 Å². The normalized spacial score (nSPS) is 10.7. The second kappa shape index (κ2) is 4.90. The van der Waals surface area contributed by atoms with Crippen LogP contribution in [0, 0.1) is 6.92 Å². The van der Waals surface area contributed by atoms with Gasteiger partial charge in [0.15, 0.2) is 5.76 Å². The lowest BCUT2D eigenvalue weighted by Gasteiger charge is -1.97. The van der Waals surface area contributed by atoms with Crippen molar-refractivity contribution in [2.75, 3.05) is 0 Å². The van der Waals surface area contributed by atoms with Gasteiger partial charge in [-0.15, -0.1) is 11.3 Å². The lowest BCUT2D eigenvalue weighted by molar-refractivity contribution is 0.0697. The van der Waals surface area contributed by atoms with Gasteiger partial charge >= 0.3 is 5.97 Å². The zero-order valence-corrected chi connectivity index (χ0v) is 11.3. The minimum absolute atomic E-state index is 0.197. The first-order chi connectivity index (χ1) is 9.65. The first-order valence-electron chi connectivity index (χ1n) is 5.86. The Labute approximate surface area is 118 Å². The number of carboxylic acid groups (broad SMARTS) is 1. The van der Waals surface area contributed by atoms with Gasteiger partial charge in [-0.25, -0.2) is 9.78 Å². The molecule has 0 aromatic carbocycles. The highest BCUT2D eigenvalue weighted by molar-refractivity contribution is 7.15. The standard InChI is InChI=1S/C14H10N2O3S/c1-8-12(11-3-2-6-19-11)16-13(20-8)10-7-9(14(17)18)4-5-15-10/h2-7H,1H3,(H,17,18). The molecule has 3 rings (SSSR count). The molecule has 0 saturated heterocycles. The van der Waals surface area contributed by atoms with Crippen LogP contribution in [0.5, 0.6) is 0 Å². The van der Waals surface area contributed by atoms with Gasteiger partial charge in [0, 0.05) is 11.1 Å². The van der Waals surface area contributed by atoms with Gasteiger partial charge in [-0.05, 0) is 31.2 Å². The van der Waals surface area contributed by atoms with E-state index < -0.39 is 5.97 Å². The van der Waals surface area contributed by atoms with E-state index >= 15 is 0 Å². The summed E-state index contributed by atoms with van der Waals surface area (Å²) < 4.78 is 5.34. The zero-order chi connectivity index (χ0) is 14.1. The largest absolute Gasteiger partial charge is 0.478 e. The Morgan fingerprint density at radius 2 is 2.25 bits per heavy atom. The highest BCUT2D eigenvalue weighted by Crippen LogP contribution is 2.32. The van der Waals surface area contributed by atoms with Crippen LogP contribution >= 0.6 is 11.3 Å². The number of pyridine rings is 1. The number of rotatable bonds is 3. The number of carboxylic acids is 1. The quantitative estimate of drug-likeness (QED) is 0.797. The van der Waals surface area contributed by atoms with Crippen LogP contribution in [0.2, 0.25) is 0 Å². The molecule has 100 valence electrons. The van der Waals surface area contributed by atoms with Crippen molar-refractivity contribution in [2.24, 2.45) is 0 Å². The molecule has 0 spiro atoms. The van der Waals surface area contributed by atoms with Gasteiger partial charge in [-0.3, -0.25) is 4.98 Å². The van der Waals surface area contributed by atoms with Crippen molar-refractivity contribution < 1.29 is 14.3 Å². The lowest BCUT2D eigenvalue weighted by atomic mass is 10.2. The van der Waals surface area contributed by atoms with Gasteiger partial charge in [-0.1, -0.05) is 0 Å². The number of furan rings is 1. The van der Waals surface area contributed by atoms with Crippen molar-refractivity contribution >= 4 is 17.3 Å². The highest BCUT2D eigenvalue weighted by Gasteiger charge is 2.15. The lowest BCUT2D eigenvalue weighted by Crippen LogP contribution is -1.97. The van der Waals surface area contributed by atoms with Crippen LogP contribution in [-0.4, -0.2) is 21.0 Å². The molecule has 0 bridgehead atoms. The molecule has 0 unspecified atom stereocenters. The Bertz CT molecular complexity index is 763. The molecule has 6 heteroatoms. The molecule has 0 fully saturated rings. The Morgan fingerprint density at radius 3 is 2.95 bits per heavy atom. The van der Waals surface area contributed by atoms with E-state index in [0.717, 1.165) is 10.6 Å². The molecule has 0 aliphatic heterocycles. The van der Waals surface area contributed by atoms with Crippen molar-refractivity contribution in [3.05, 3.63) is 47.2 Å². The van der Waals surface area contributed by atoms with E-state index in [9.17, 15) is 4.79 Å². The van der Waals surface area contributed by atoms with Crippen LogP contribution in [0.1, 0.15) is 15.2 Å². The van der Waals surface area contributed by atoms with Crippen molar-refractivity contribution in [3.63, 3.8) is 0 Å².